The van der Waals surface area contributed by atoms with E-state index in [0.717, 1.165) is 11.2 Å². The largest absolute Gasteiger partial charge is 0.326 e. The molecular formula is C16H19N3O5S. The number of nitrogens with zero attached hydrogens (tertiary/aromatic N) is 2. The van der Waals surface area contributed by atoms with Crippen molar-refractivity contribution in [3.05, 3.63) is 29.3 Å². The maximum absolute atomic E-state index is 12.5. The molecule has 0 radical (unpaired) electrons. The quantitative estimate of drug-likeness (QED) is 0.787. The summed E-state index contributed by atoms with van der Waals surface area (Å²) in [5, 5.41) is 2.72. The van der Waals surface area contributed by atoms with E-state index in [4.69, 9.17) is 0 Å². The Morgan fingerprint density at radius 2 is 1.88 bits per heavy atom. The summed E-state index contributed by atoms with van der Waals surface area (Å²) in [6.07, 6.45) is 2.35. The lowest BCUT2D eigenvalue weighted by Crippen LogP contribution is -2.43. The number of anilines is 1. The van der Waals surface area contributed by atoms with Crippen molar-refractivity contribution in [1.29, 1.82) is 0 Å². The second kappa shape index (κ2) is 6.23. The maximum atomic E-state index is 12.5. The molecule has 3 rings (SSSR count). The topological polar surface area (TPSA) is 104 Å². The first kappa shape index (κ1) is 17.6. The number of carbonyl (C=O) groups excluding carboxylic acids is 3. The average molecular weight is 365 g/mol. The maximum Gasteiger partial charge on any atom is 0.261 e. The highest BCUT2D eigenvalue weighted by molar-refractivity contribution is 7.88. The number of rotatable bonds is 3. The molecule has 0 aliphatic carbocycles. The molecule has 9 heteroatoms. The van der Waals surface area contributed by atoms with Crippen LogP contribution in [0.3, 0.4) is 0 Å². The molecule has 0 saturated carbocycles. The molecule has 0 bridgehead atoms. The van der Waals surface area contributed by atoms with Crippen LogP contribution in [0.5, 0.6) is 0 Å². The highest BCUT2D eigenvalue weighted by Crippen LogP contribution is 2.26. The molecule has 1 unspecified atom stereocenters. The Bertz CT molecular complexity index is 865. The standard InChI is InChI=1S/C16H19N3O5S/c1-18-15(21)12-6-5-11(8-13(12)16(18)22)17-14(20)10-4-3-7-19(9-10)25(2,23)24/h5-6,8,10H,3-4,7,9H2,1-2H3,(H,17,20). The van der Waals surface area contributed by atoms with E-state index in [9.17, 15) is 22.8 Å². The molecule has 1 N–H and O–H groups in total. The molecular weight excluding hydrogens is 346 g/mol. The van der Waals surface area contributed by atoms with Crippen LogP contribution in [-0.4, -0.2) is 61.7 Å². The zero-order chi connectivity index (χ0) is 18.4. The molecule has 1 saturated heterocycles. The van der Waals surface area contributed by atoms with Crippen LogP contribution < -0.4 is 5.32 Å². The first-order chi connectivity index (χ1) is 11.7. The average Bonchev–Trinajstić information content (AvgIpc) is 2.78. The highest BCUT2D eigenvalue weighted by atomic mass is 32.2. The normalized spacial score (nSPS) is 21.4. The smallest absolute Gasteiger partial charge is 0.261 e. The van der Waals surface area contributed by atoms with Gasteiger partial charge < -0.3 is 5.32 Å². The van der Waals surface area contributed by atoms with Crippen molar-refractivity contribution in [3.8, 4) is 0 Å². The van der Waals surface area contributed by atoms with Crippen LogP contribution >= 0.6 is 0 Å². The summed E-state index contributed by atoms with van der Waals surface area (Å²) in [5.74, 6) is -1.51. The van der Waals surface area contributed by atoms with Gasteiger partial charge in [0.2, 0.25) is 15.9 Å². The lowest BCUT2D eigenvalue weighted by atomic mass is 9.98. The van der Waals surface area contributed by atoms with Crippen molar-refractivity contribution < 1.29 is 22.8 Å². The van der Waals surface area contributed by atoms with Crippen molar-refractivity contribution in [2.75, 3.05) is 31.7 Å². The molecule has 0 spiro atoms. The van der Waals surface area contributed by atoms with Gasteiger partial charge >= 0.3 is 0 Å². The molecule has 1 aromatic rings. The van der Waals surface area contributed by atoms with Gasteiger partial charge in [-0.05, 0) is 31.0 Å². The first-order valence-electron chi connectivity index (χ1n) is 7.91. The molecule has 2 aliphatic rings. The van der Waals surface area contributed by atoms with Crippen LogP contribution in [0.4, 0.5) is 5.69 Å². The van der Waals surface area contributed by atoms with Gasteiger partial charge in [0.05, 0.1) is 23.3 Å². The zero-order valence-corrected chi connectivity index (χ0v) is 14.8. The summed E-state index contributed by atoms with van der Waals surface area (Å²) in [5.41, 5.74) is 0.981. The van der Waals surface area contributed by atoms with Crippen molar-refractivity contribution in [2.45, 2.75) is 12.8 Å². The van der Waals surface area contributed by atoms with Crippen molar-refractivity contribution in [1.82, 2.24) is 9.21 Å². The molecule has 25 heavy (non-hydrogen) atoms. The second-order valence-electron chi connectivity index (χ2n) is 6.38. The van der Waals surface area contributed by atoms with Gasteiger partial charge in [-0.2, -0.15) is 0 Å². The summed E-state index contributed by atoms with van der Waals surface area (Å²) >= 11 is 0. The minimum absolute atomic E-state index is 0.149. The van der Waals surface area contributed by atoms with Crippen molar-refractivity contribution in [3.63, 3.8) is 0 Å². The Labute approximate surface area is 145 Å². The van der Waals surface area contributed by atoms with Gasteiger partial charge in [-0.3, -0.25) is 19.3 Å². The monoisotopic (exact) mass is 365 g/mol. The summed E-state index contributed by atoms with van der Waals surface area (Å²) in [6, 6.07) is 4.56. The third-order valence-corrected chi connectivity index (χ3v) is 5.85. The number of nitrogens with one attached hydrogen (secondary N) is 1. The van der Waals surface area contributed by atoms with E-state index in [1.165, 1.54) is 23.5 Å². The van der Waals surface area contributed by atoms with Gasteiger partial charge in [-0.15, -0.1) is 0 Å². The predicted molar refractivity (Wildman–Crippen MR) is 90.6 cm³/mol. The molecule has 3 amide bonds. The Hall–Kier alpha value is -2.26. The molecule has 2 heterocycles. The van der Waals surface area contributed by atoms with Gasteiger partial charge in [-0.1, -0.05) is 0 Å². The third kappa shape index (κ3) is 3.29. The second-order valence-corrected chi connectivity index (χ2v) is 8.36. The lowest BCUT2D eigenvalue weighted by Gasteiger charge is -2.30. The molecule has 2 aliphatic heterocycles. The van der Waals surface area contributed by atoms with Gasteiger partial charge in [0, 0.05) is 25.8 Å². The fraction of sp³-hybridized carbons (Fsp3) is 0.438. The number of hydrogen-bond donors (Lipinski definition) is 1. The van der Waals surface area contributed by atoms with Gasteiger partial charge in [0.15, 0.2) is 0 Å². The number of piperidine rings is 1. The predicted octanol–water partition coefficient (Wildman–Crippen LogP) is 0.522. The number of fused-ring (bicyclic) bond motifs is 1. The van der Waals surface area contributed by atoms with E-state index in [1.807, 2.05) is 0 Å². The molecule has 0 aromatic heterocycles. The minimum Gasteiger partial charge on any atom is -0.326 e. The number of carbonyl (C=O) groups is 3. The number of hydrogen-bond acceptors (Lipinski definition) is 5. The van der Waals surface area contributed by atoms with E-state index < -0.39 is 21.8 Å². The van der Waals surface area contributed by atoms with E-state index in [2.05, 4.69) is 5.32 Å². The molecule has 1 aromatic carbocycles. The fourth-order valence-corrected chi connectivity index (χ4v) is 4.05. The zero-order valence-electron chi connectivity index (χ0n) is 14.0. The number of sulfonamides is 1. The Morgan fingerprint density at radius 3 is 2.56 bits per heavy atom. The summed E-state index contributed by atoms with van der Waals surface area (Å²) in [7, 11) is -1.92. The molecule has 8 nitrogen and oxygen atoms in total. The van der Waals surface area contributed by atoms with Crippen molar-refractivity contribution in [2.24, 2.45) is 5.92 Å². The van der Waals surface area contributed by atoms with Gasteiger partial charge in [0.1, 0.15) is 0 Å². The molecule has 1 fully saturated rings. The summed E-state index contributed by atoms with van der Waals surface area (Å²) in [6.45, 7) is 0.570. The first-order valence-corrected chi connectivity index (χ1v) is 9.75. The molecule has 1 atom stereocenters. The van der Waals surface area contributed by atoms with Crippen LogP contribution in [0, 0.1) is 5.92 Å². The van der Waals surface area contributed by atoms with Gasteiger partial charge in [-0.25, -0.2) is 12.7 Å². The number of amides is 3. The summed E-state index contributed by atoms with van der Waals surface area (Å²) in [4.78, 5) is 37.4. The number of benzene rings is 1. The third-order valence-electron chi connectivity index (χ3n) is 4.58. The van der Waals surface area contributed by atoms with Crippen molar-refractivity contribution >= 4 is 33.4 Å². The SMILES string of the molecule is CN1C(=O)c2ccc(NC(=O)C3CCCN(S(C)(=O)=O)C3)cc2C1=O. The van der Waals surface area contributed by atoms with Crippen LogP contribution in [0.2, 0.25) is 0 Å². The minimum atomic E-state index is -3.33. The Kier molecular flexibility index (Phi) is 4.38. The number of imide groups is 1. The van der Waals surface area contributed by atoms with E-state index in [1.54, 1.807) is 6.07 Å². The van der Waals surface area contributed by atoms with Crippen LogP contribution in [0.15, 0.2) is 18.2 Å². The van der Waals surface area contributed by atoms with Gasteiger partial charge in [0.25, 0.3) is 11.8 Å². The highest BCUT2D eigenvalue weighted by Gasteiger charge is 2.34. The van der Waals surface area contributed by atoms with E-state index >= 15 is 0 Å². The Morgan fingerprint density at radius 1 is 1.20 bits per heavy atom. The van der Waals surface area contributed by atoms with Crippen LogP contribution in [0.1, 0.15) is 33.6 Å². The molecule has 134 valence electrons. The lowest BCUT2D eigenvalue weighted by molar-refractivity contribution is -0.120. The van der Waals surface area contributed by atoms with Crippen LogP contribution in [0.25, 0.3) is 0 Å². The Balaban J connectivity index is 1.74. The van der Waals surface area contributed by atoms with E-state index in [-0.39, 0.29) is 23.9 Å². The fourth-order valence-electron chi connectivity index (χ4n) is 3.14. The van der Waals surface area contributed by atoms with Crippen LogP contribution in [-0.2, 0) is 14.8 Å². The summed E-state index contributed by atoms with van der Waals surface area (Å²) < 4.78 is 24.6. The van der Waals surface area contributed by atoms with E-state index in [0.29, 0.717) is 30.6 Å².